The number of primary sulfonamides is 1. The molecular weight excluding hydrogens is 336 g/mol. The highest BCUT2D eigenvalue weighted by Gasteiger charge is 2.12. The van der Waals surface area contributed by atoms with Gasteiger partial charge in [-0.2, -0.15) is 0 Å². The average Bonchev–Trinajstić information content (AvgIpc) is 2.54. The minimum Gasteiger partial charge on any atom is -0.346 e. The predicted molar refractivity (Wildman–Crippen MR) is 99.7 cm³/mol. The largest absolute Gasteiger partial charge is 0.346 e. The molecular formula is C19H24N2O3S. The van der Waals surface area contributed by atoms with E-state index in [9.17, 15) is 13.2 Å². The van der Waals surface area contributed by atoms with Crippen molar-refractivity contribution in [3.8, 4) is 0 Å². The molecule has 0 aliphatic carbocycles. The Morgan fingerprint density at radius 3 is 1.96 bits per heavy atom. The second-order valence-corrected chi connectivity index (χ2v) is 8.14. The molecule has 0 fully saturated rings. The van der Waals surface area contributed by atoms with Crippen LogP contribution in [-0.4, -0.2) is 14.3 Å². The van der Waals surface area contributed by atoms with Crippen molar-refractivity contribution in [1.29, 1.82) is 0 Å². The molecule has 1 unspecified atom stereocenters. The second kappa shape index (κ2) is 7.80. The van der Waals surface area contributed by atoms with E-state index < -0.39 is 10.0 Å². The van der Waals surface area contributed by atoms with Gasteiger partial charge in [0.2, 0.25) is 10.0 Å². The van der Waals surface area contributed by atoms with Crippen LogP contribution in [0.3, 0.4) is 0 Å². The van der Waals surface area contributed by atoms with E-state index in [-0.39, 0.29) is 17.7 Å². The molecule has 0 saturated carbocycles. The summed E-state index contributed by atoms with van der Waals surface area (Å²) >= 11 is 0. The van der Waals surface area contributed by atoms with E-state index in [0.29, 0.717) is 17.0 Å². The first kappa shape index (κ1) is 19.1. The Hall–Kier alpha value is -2.18. The van der Waals surface area contributed by atoms with E-state index in [4.69, 9.17) is 5.14 Å². The van der Waals surface area contributed by atoms with Crippen LogP contribution < -0.4 is 10.5 Å². The Labute approximate surface area is 149 Å². The molecule has 0 bridgehead atoms. The van der Waals surface area contributed by atoms with Gasteiger partial charge in [-0.15, -0.1) is 0 Å². The van der Waals surface area contributed by atoms with Crippen LogP contribution in [0.1, 0.15) is 59.8 Å². The van der Waals surface area contributed by atoms with Crippen LogP contribution in [0, 0.1) is 0 Å². The number of hydrogen-bond acceptors (Lipinski definition) is 3. The van der Waals surface area contributed by atoms with Crippen LogP contribution in [0.25, 0.3) is 0 Å². The molecule has 0 aromatic heterocycles. The molecule has 2 aromatic rings. The third-order valence-corrected chi connectivity index (χ3v) is 4.77. The average molecular weight is 360 g/mol. The summed E-state index contributed by atoms with van der Waals surface area (Å²) in [5.41, 5.74) is 3.32. The number of nitrogens with two attached hydrogens (primary N) is 1. The third kappa shape index (κ3) is 5.69. The first-order valence-corrected chi connectivity index (χ1v) is 9.87. The van der Waals surface area contributed by atoms with Crippen molar-refractivity contribution in [2.45, 2.75) is 38.5 Å². The standard InChI is InChI=1S/C19H24N2O3S/c1-13(2)16-8-10-17(11-9-16)14(3)21-19(22)18-6-4-15(5-7-18)12-25(20,23)24/h4-11,13-14H,12H2,1-3H3,(H,21,22)(H2,20,23,24). The van der Waals surface area contributed by atoms with Crippen molar-refractivity contribution in [3.63, 3.8) is 0 Å². The van der Waals surface area contributed by atoms with Crippen LogP contribution in [0.15, 0.2) is 48.5 Å². The summed E-state index contributed by atoms with van der Waals surface area (Å²) in [6, 6.07) is 14.5. The first-order chi connectivity index (χ1) is 11.7. The maximum Gasteiger partial charge on any atom is 0.251 e. The summed E-state index contributed by atoms with van der Waals surface area (Å²) in [6.45, 7) is 6.21. The molecule has 1 atom stereocenters. The lowest BCUT2D eigenvalue weighted by atomic mass is 9.99. The summed E-state index contributed by atoms with van der Waals surface area (Å²) in [5, 5.41) is 7.96. The van der Waals surface area contributed by atoms with Crippen LogP contribution in [0.2, 0.25) is 0 Å². The van der Waals surface area contributed by atoms with Crippen molar-refractivity contribution in [1.82, 2.24) is 5.32 Å². The molecule has 2 rings (SSSR count). The van der Waals surface area contributed by atoms with Crippen molar-refractivity contribution < 1.29 is 13.2 Å². The van der Waals surface area contributed by atoms with Gasteiger partial charge in [-0.25, -0.2) is 13.6 Å². The number of carbonyl (C=O) groups excluding carboxylic acids is 1. The molecule has 0 radical (unpaired) electrons. The van der Waals surface area contributed by atoms with E-state index >= 15 is 0 Å². The molecule has 0 aliphatic heterocycles. The fourth-order valence-corrected chi connectivity index (χ4v) is 3.17. The van der Waals surface area contributed by atoms with Crippen molar-refractivity contribution in [2.24, 2.45) is 5.14 Å². The highest BCUT2D eigenvalue weighted by Crippen LogP contribution is 2.19. The normalized spacial score (nSPS) is 12.8. The van der Waals surface area contributed by atoms with Gasteiger partial charge in [-0.1, -0.05) is 50.2 Å². The first-order valence-electron chi connectivity index (χ1n) is 8.16. The molecule has 0 spiro atoms. The van der Waals surface area contributed by atoms with Gasteiger partial charge in [0.25, 0.3) is 5.91 Å². The quantitative estimate of drug-likeness (QED) is 0.829. The van der Waals surface area contributed by atoms with Crippen molar-refractivity contribution >= 4 is 15.9 Å². The lowest BCUT2D eigenvalue weighted by molar-refractivity contribution is 0.0940. The molecule has 0 heterocycles. The van der Waals surface area contributed by atoms with E-state index in [1.54, 1.807) is 24.3 Å². The van der Waals surface area contributed by atoms with Gasteiger partial charge in [0.15, 0.2) is 0 Å². The van der Waals surface area contributed by atoms with E-state index in [0.717, 1.165) is 5.56 Å². The maximum atomic E-state index is 12.3. The van der Waals surface area contributed by atoms with Crippen LogP contribution >= 0.6 is 0 Å². The highest BCUT2D eigenvalue weighted by molar-refractivity contribution is 7.88. The zero-order valence-corrected chi connectivity index (χ0v) is 15.5. The summed E-state index contributed by atoms with van der Waals surface area (Å²) in [4.78, 5) is 12.3. The van der Waals surface area contributed by atoms with Crippen molar-refractivity contribution in [3.05, 3.63) is 70.8 Å². The van der Waals surface area contributed by atoms with Gasteiger partial charge in [0, 0.05) is 5.56 Å². The molecule has 3 N–H and O–H groups in total. The topological polar surface area (TPSA) is 89.3 Å². The summed E-state index contributed by atoms with van der Waals surface area (Å²) in [5.74, 6) is 0.0189. The van der Waals surface area contributed by atoms with Gasteiger partial charge >= 0.3 is 0 Å². The van der Waals surface area contributed by atoms with Crippen LogP contribution in [0.4, 0.5) is 0 Å². The number of amides is 1. The molecule has 5 nitrogen and oxygen atoms in total. The van der Waals surface area contributed by atoms with Crippen LogP contribution in [0.5, 0.6) is 0 Å². The summed E-state index contributed by atoms with van der Waals surface area (Å²) in [7, 11) is -3.58. The number of carbonyl (C=O) groups is 1. The zero-order chi connectivity index (χ0) is 18.6. The van der Waals surface area contributed by atoms with E-state index in [1.165, 1.54) is 5.56 Å². The molecule has 25 heavy (non-hydrogen) atoms. The van der Waals surface area contributed by atoms with Crippen LogP contribution in [-0.2, 0) is 15.8 Å². The Bertz CT molecular complexity index is 826. The number of hydrogen-bond donors (Lipinski definition) is 2. The molecule has 134 valence electrons. The Morgan fingerprint density at radius 2 is 1.48 bits per heavy atom. The van der Waals surface area contributed by atoms with Crippen molar-refractivity contribution in [2.75, 3.05) is 0 Å². The number of sulfonamides is 1. The highest BCUT2D eigenvalue weighted by atomic mass is 32.2. The SMILES string of the molecule is CC(C)c1ccc(C(C)NC(=O)c2ccc(CS(N)(=O)=O)cc2)cc1. The van der Waals surface area contributed by atoms with E-state index in [2.05, 4.69) is 31.3 Å². The number of nitrogens with one attached hydrogen (secondary N) is 1. The second-order valence-electron chi connectivity index (χ2n) is 6.52. The van der Waals surface area contributed by atoms with Gasteiger partial charge in [-0.05, 0) is 41.7 Å². The molecule has 1 amide bonds. The molecule has 2 aromatic carbocycles. The smallest absolute Gasteiger partial charge is 0.251 e. The summed E-state index contributed by atoms with van der Waals surface area (Å²) < 4.78 is 22.2. The third-order valence-electron chi connectivity index (χ3n) is 4.03. The lowest BCUT2D eigenvalue weighted by Gasteiger charge is -2.16. The summed E-state index contributed by atoms with van der Waals surface area (Å²) in [6.07, 6.45) is 0. The van der Waals surface area contributed by atoms with Gasteiger partial charge in [0.1, 0.15) is 0 Å². The lowest BCUT2D eigenvalue weighted by Crippen LogP contribution is -2.26. The monoisotopic (exact) mass is 360 g/mol. The Kier molecular flexibility index (Phi) is 5.98. The number of rotatable bonds is 6. The van der Waals surface area contributed by atoms with Gasteiger partial charge < -0.3 is 5.32 Å². The Morgan fingerprint density at radius 1 is 0.960 bits per heavy atom. The maximum absolute atomic E-state index is 12.3. The predicted octanol–water partition coefficient (Wildman–Crippen LogP) is 3.09. The molecule has 6 heteroatoms. The van der Waals surface area contributed by atoms with E-state index in [1.807, 2.05) is 19.1 Å². The Balaban J connectivity index is 2.03. The molecule has 0 saturated heterocycles. The minimum absolute atomic E-state index is 0.127. The zero-order valence-electron chi connectivity index (χ0n) is 14.7. The number of benzene rings is 2. The minimum atomic E-state index is -3.58. The van der Waals surface area contributed by atoms with Gasteiger partial charge in [0.05, 0.1) is 11.8 Å². The fraction of sp³-hybridized carbons (Fsp3) is 0.316. The fourth-order valence-electron chi connectivity index (χ4n) is 2.52. The van der Waals surface area contributed by atoms with Gasteiger partial charge in [-0.3, -0.25) is 4.79 Å². The molecule has 0 aliphatic rings.